The first-order chi connectivity index (χ1) is 8.66. The molecule has 6 nitrogen and oxygen atoms in total. The Kier molecular flexibility index (Phi) is 3.47. The van der Waals surface area contributed by atoms with Gasteiger partial charge in [-0.05, 0) is 23.8 Å². The number of carbonyl (C=O) groups excluding carboxylic acids is 2. The largest absolute Gasteiger partial charge is 0.472 e. The molecule has 1 unspecified atom stereocenters. The highest BCUT2D eigenvalue weighted by atomic mass is 16.3. The van der Waals surface area contributed by atoms with Gasteiger partial charge < -0.3 is 19.9 Å². The molecule has 18 heavy (non-hydrogen) atoms. The molecule has 2 rings (SSSR count). The van der Waals surface area contributed by atoms with Gasteiger partial charge in [-0.15, -0.1) is 0 Å². The van der Waals surface area contributed by atoms with Gasteiger partial charge in [-0.3, -0.25) is 9.59 Å². The summed E-state index contributed by atoms with van der Waals surface area (Å²) in [4.78, 5) is 23.0. The Hall–Kier alpha value is -2.50. The number of hydrogen-bond acceptors (Lipinski definition) is 4. The molecule has 0 spiro atoms. The van der Waals surface area contributed by atoms with Crippen molar-refractivity contribution < 1.29 is 18.4 Å². The zero-order valence-corrected chi connectivity index (χ0v) is 9.46. The summed E-state index contributed by atoms with van der Waals surface area (Å²) in [5.74, 6) is -0.704. The van der Waals surface area contributed by atoms with Crippen molar-refractivity contribution in [2.45, 2.75) is 12.5 Å². The molecule has 0 radical (unpaired) electrons. The summed E-state index contributed by atoms with van der Waals surface area (Å²) in [6, 6.07) is 3.91. The highest BCUT2D eigenvalue weighted by Crippen LogP contribution is 2.13. The van der Waals surface area contributed by atoms with E-state index in [1.54, 1.807) is 18.2 Å². The summed E-state index contributed by atoms with van der Waals surface area (Å²) in [7, 11) is 0. The quantitative estimate of drug-likeness (QED) is 0.815. The van der Waals surface area contributed by atoms with Gasteiger partial charge in [-0.1, -0.05) is 0 Å². The first-order valence-electron chi connectivity index (χ1n) is 5.30. The predicted molar refractivity (Wildman–Crippen MR) is 61.2 cm³/mol. The number of primary amides is 1. The molecular formula is C12H12N2O4. The fraction of sp³-hybridized carbons (Fsp3) is 0.167. The summed E-state index contributed by atoms with van der Waals surface area (Å²) in [5, 5.41) is 2.51. The van der Waals surface area contributed by atoms with Crippen LogP contribution in [-0.2, 0) is 16.0 Å². The minimum absolute atomic E-state index is 0.112. The van der Waals surface area contributed by atoms with Crippen LogP contribution in [0, 0.1) is 0 Å². The van der Waals surface area contributed by atoms with Gasteiger partial charge in [-0.25, -0.2) is 0 Å². The number of hydrogen-bond donors (Lipinski definition) is 2. The summed E-state index contributed by atoms with van der Waals surface area (Å²) < 4.78 is 9.91. The van der Waals surface area contributed by atoms with Gasteiger partial charge in [0.15, 0.2) is 6.04 Å². The molecule has 0 aliphatic rings. The first kappa shape index (κ1) is 12.0. The number of nitrogens with one attached hydrogen (secondary N) is 1. The van der Waals surface area contributed by atoms with Gasteiger partial charge in [0.05, 0.1) is 25.2 Å². The maximum atomic E-state index is 11.7. The van der Waals surface area contributed by atoms with Gasteiger partial charge in [0.1, 0.15) is 5.76 Å². The highest BCUT2D eigenvalue weighted by molar-refractivity contribution is 5.87. The van der Waals surface area contributed by atoms with Crippen molar-refractivity contribution in [1.29, 1.82) is 0 Å². The number of carbonyl (C=O) groups is 2. The Morgan fingerprint density at radius 3 is 2.72 bits per heavy atom. The fourth-order valence-corrected chi connectivity index (χ4v) is 1.53. The van der Waals surface area contributed by atoms with E-state index < -0.39 is 11.9 Å². The second-order valence-electron chi connectivity index (χ2n) is 3.73. The van der Waals surface area contributed by atoms with E-state index in [2.05, 4.69) is 5.32 Å². The molecule has 6 heteroatoms. The Morgan fingerprint density at radius 2 is 2.17 bits per heavy atom. The van der Waals surface area contributed by atoms with E-state index in [1.165, 1.54) is 18.8 Å². The average molecular weight is 248 g/mol. The molecule has 0 saturated carbocycles. The van der Waals surface area contributed by atoms with E-state index >= 15 is 0 Å². The lowest BCUT2D eigenvalue weighted by atomic mass is 10.2. The molecule has 3 N–H and O–H groups in total. The lowest BCUT2D eigenvalue weighted by Gasteiger charge is -2.12. The standard InChI is InChI=1S/C12H12N2O4/c13-12(16)11(9-2-1-4-18-9)14-10(15)6-8-3-5-17-7-8/h1-5,7,11H,6H2,(H2,13,16)(H,14,15). The first-order valence-corrected chi connectivity index (χ1v) is 5.30. The molecule has 2 aromatic rings. The van der Waals surface area contributed by atoms with Crippen LogP contribution in [0.3, 0.4) is 0 Å². The molecule has 0 aromatic carbocycles. The summed E-state index contributed by atoms with van der Waals surface area (Å²) in [6.07, 6.45) is 4.46. The van der Waals surface area contributed by atoms with Crippen LogP contribution in [0.2, 0.25) is 0 Å². The molecule has 0 aliphatic heterocycles. The Labute approximate surface area is 103 Å². The van der Waals surface area contributed by atoms with Crippen molar-refractivity contribution in [3.8, 4) is 0 Å². The number of furan rings is 2. The molecule has 94 valence electrons. The van der Waals surface area contributed by atoms with Gasteiger partial charge in [0, 0.05) is 0 Å². The van der Waals surface area contributed by atoms with Crippen LogP contribution in [-0.4, -0.2) is 11.8 Å². The summed E-state index contributed by atoms with van der Waals surface area (Å²) in [5.41, 5.74) is 5.94. The monoisotopic (exact) mass is 248 g/mol. The SMILES string of the molecule is NC(=O)C(NC(=O)Cc1ccoc1)c1ccco1. The lowest BCUT2D eigenvalue weighted by molar-refractivity contribution is -0.127. The number of rotatable bonds is 5. The van der Waals surface area contributed by atoms with Gasteiger partial charge >= 0.3 is 0 Å². The molecule has 0 aliphatic carbocycles. The molecular weight excluding hydrogens is 236 g/mol. The summed E-state index contributed by atoms with van der Waals surface area (Å²) in [6.45, 7) is 0. The molecule has 0 saturated heterocycles. The third-order valence-electron chi connectivity index (χ3n) is 2.36. The van der Waals surface area contributed by atoms with Gasteiger partial charge in [-0.2, -0.15) is 0 Å². The van der Waals surface area contributed by atoms with Crippen molar-refractivity contribution in [2.24, 2.45) is 5.73 Å². The Balaban J connectivity index is 2.01. The van der Waals surface area contributed by atoms with Gasteiger partial charge in [0.2, 0.25) is 11.8 Å². The van der Waals surface area contributed by atoms with Crippen molar-refractivity contribution in [2.75, 3.05) is 0 Å². The Bertz CT molecular complexity index is 516. The second-order valence-corrected chi connectivity index (χ2v) is 3.73. The van der Waals surface area contributed by atoms with Crippen LogP contribution in [0.25, 0.3) is 0 Å². The average Bonchev–Trinajstić information content (AvgIpc) is 2.97. The smallest absolute Gasteiger partial charge is 0.247 e. The van der Waals surface area contributed by atoms with E-state index in [1.807, 2.05) is 0 Å². The van der Waals surface area contributed by atoms with Crippen LogP contribution in [0.15, 0.2) is 45.8 Å². The Morgan fingerprint density at radius 1 is 1.33 bits per heavy atom. The lowest BCUT2D eigenvalue weighted by Crippen LogP contribution is -2.37. The maximum Gasteiger partial charge on any atom is 0.247 e. The molecule has 2 amide bonds. The van der Waals surface area contributed by atoms with Gasteiger partial charge in [0.25, 0.3) is 0 Å². The van der Waals surface area contributed by atoms with Crippen molar-refractivity contribution >= 4 is 11.8 Å². The van der Waals surface area contributed by atoms with E-state index in [0.717, 1.165) is 5.56 Å². The number of nitrogens with two attached hydrogens (primary N) is 1. The van der Waals surface area contributed by atoms with Crippen LogP contribution in [0.1, 0.15) is 17.4 Å². The molecule has 2 heterocycles. The minimum atomic E-state index is -0.959. The zero-order valence-electron chi connectivity index (χ0n) is 9.46. The predicted octanol–water partition coefficient (Wildman–Crippen LogP) is 0.758. The van der Waals surface area contributed by atoms with Crippen LogP contribution >= 0.6 is 0 Å². The molecule has 0 fully saturated rings. The zero-order chi connectivity index (χ0) is 13.0. The van der Waals surface area contributed by atoms with Crippen molar-refractivity contribution in [1.82, 2.24) is 5.32 Å². The van der Waals surface area contributed by atoms with Crippen LogP contribution in [0.5, 0.6) is 0 Å². The van der Waals surface area contributed by atoms with Crippen molar-refractivity contribution in [3.63, 3.8) is 0 Å². The third kappa shape index (κ3) is 2.79. The van der Waals surface area contributed by atoms with Crippen molar-refractivity contribution in [3.05, 3.63) is 48.3 Å². The second kappa shape index (κ2) is 5.22. The van der Waals surface area contributed by atoms with Crippen LogP contribution in [0.4, 0.5) is 0 Å². The fourth-order valence-electron chi connectivity index (χ4n) is 1.53. The van der Waals surface area contributed by atoms with E-state index in [0.29, 0.717) is 5.76 Å². The normalized spacial score (nSPS) is 12.0. The topological polar surface area (TPSA) is 98.5 Å². The number of amides is 2. The molecule has 1 atom stereocenters. The van der Waals surface area contributed by atoms with E-state index in [-0.39, 0.29) is 12.3 Å². The minimum Gasteiger partial charge on any atom is -0.472 e. The van der Waals surface area contributed by atoms with E-state index in [9.17, 15) is 9.59 Å². The highest BCUT2D eigenvalue weighted by Gasteiger charge is 2.22. The summed E-state index contributed by atoms with van der Waals surface area (Å²) >= 11 is 0. The third-order valence-corrected chi connectivity index (χ3v) is 2.36. The molecule has 2 aromatic heterocycles. The van der Waals surface area contributed by atoms with Crippen LogP contribution < -0.4 is 11.1 Å². The molecule has 0 bridgehead atoms. The van der Waals surface area contributed by atoms with E-state index in [4.69, 9.17) is 14.6 Å². The maximum absolute atomic E-state index is 11.7.